The van der Waals surface area contributed by atoms with Crippen LogP contribution in [0.2, 0.25) is 0 Å². The van der Waals surface area contributed by atoms with Crippen LogP contribution in [-0.4, -0.2) is 40.2 Å². The van der Waals surface area contributed by atoms with E-state index in [9.17, 15) is 0 Å². The van der Waals surface area contributed by atoms with Gasteiger partial charge in [-0.15, -0.1) is 0 Å². The minimum absolute atomic E-state index is 0.153. The fourth-order valence-electron chi connectivity index (χ4n) is 1.38. The summed E-state index contributed by atoms with van der Waals surface area (Å²) in [5, 5.41) is 26.8. The number of hydrogen-bond donors (Lipinski definition) is 4. The first kappa shape index (κ1) is 7.94. The Balaban J connectivity index is 2.55. The summed E-state index contributed by atoms with van der Waals surface area (Å²) in [6.45, 7) is -0.153. The van der Waals surface area contributed by atoms with Crippen LogP contribution in [-0.2, 0) is 0 Å². The Morgan fingerprint density at radius 2 is 2.00 bits per heavy atom. The van der Waals surface area contributed by atoms with E-state index >= 15 is 0 Å². The predicted molar refractivity (Wildman–Crippen MR) is 35.2 cm³/mol. The fourth-order valence-corrected chi connectivity index (χ4v) is 1.38. The molecule has 4 atom stereocenters. The van der Waals surface area contributed by atoms with Gasteiger partial charge >= 0.3 is 0 Å². The SMILES string of the molecule is N[C@@H]1C[C@H](O)[C@@H](O)[C@@H]1CO. The highest BCUT2D eigenvalue weighted by Gasteiger charge is 2.38. The molecule has 0 saturated heterocycles. The number of aliphatic hydroxyl groups excluding tert-OH is 3. The Morgan fingerprint density at radius 3 is 2.20 bits per heavy atom. The van der Waals surface area contributed by atoms with Crippen LogP contribution >= 0.6 is 0 Å². The average molecular weight is 147 g/mol. The van der Waals surface area contributed by atoms with Crippen LogP contribution in [0.15, 0.2) is 0 Å². The zero-order valence-electron chi connectivity index (χ0n) is 5.64. The molecule has 0 aliphatic heterocycles. The molecule has 0 heterocycles. The first-order chi connectivity index (χ1) is 4.66. The summed E-state index contributed by atoms with van der Waals surface area (Å²) in [5.74, 6) is -0.352. The minimum atomic E-state index is -0.847. The second-order valence-corrected chi connectivity index (χ2v) is 2.80. The van der Waals surface area contributed by atoms with E-state index in [1.807, 2.05) is 0 Å². The van der Waals surface area contributed by atoms with Crippen LogP contribution in [0.3, 0.4) is 0 Å². The van der Waals surface area contributed by atoms with Crippen molar-refractivity contribution in [3.05, 3.63) is 0 Å². The van der Waals surface area contributed by atoms with E-state index in [4.69, 9.17) is 21.1 Å². The third-order valence-electron chi connectivity index (χ3n) is 2.11. The zero-order chi connectivity index (χ0) is 7.72. The second-order valence-electron chi connectivity index (χ2n) is 2.80. The molecule has 5 N–H and O–H groups in total. The molecule has 1 saturated carbocycles. The second kappa shape index (κ2) is 2.84. The summed E-state index contributed by atoms with van der Waals surface area (Å²) in [4.78, 5) is 0. The van der Waals surface area contributed by atoms with Gasteiger partial charge in [0.25, 0.3) is 0 Å². The quantitative estimate of drug-likeness (QED) is 0.347. The van der Waals surface area contributed by atoms with Crippen LogP contribution < -0.4 is 5.73 Å². The molecule has 0 bridgehead atoms. The lowest BCUT2D eigenvalue weighted by atomic mass is 10.0. The van der Waals surface area contributed by atoms with E-state index in [1.54, 1.807) is 0 Å². The van der Waals surface area contributed by atoms with Crippen LogP contribution in [0.25, 0.3) is 0 Å². The molecule has 0 amide bonds. The van der Waals surface area contributed by atoms with Crippen LogP contribution in [0.4, 0.5) is 0 Å². The lowest BCUT2D eigenvalue weighted by Gasteiger charge is -2.15. The van der Waals surface area contributed by atoms with E-state index in [0.29, 0.717) is 6.42 Å². The minimum Gasteiger partial charge on any atom is -0.396 e. The van der Waals surface area contributed by atoms with Gasteiger partial charge in [0.05, 0.1) is 12.2 Å². The molecule has 0 aromatic heterocycles. The summed E-state index contributed by atoms with van der Waals surface area (Å²) in [6, 6.07) is -0.269. The molecule has 0 radical (unpaired) electrons. The summed E-state index contributed by atoms with van der Waals surface area (Å²) >= 11 is 0. The van der Waals surface area contributed by atoms with Gasteiger partial charge in [-0.2, -0.15) is 0 Å². The molecule has 4 heteroatoms. The highest BCUT2D eigenvalue weighted by atomic mass is 16.3. The van der Waals surface area contributed by atoms with Gasteiger partial charge in [-0.05, 0) is 6.42 Å². The molecular formula is C6H13NO3. The van der Waals surface area contributed by atoms with Crippen molar-refractivity contribution in [3.63, 3.8) is 0 Å². The topological polar surface area (TPSA) is 86.7 Å². The Bertz CT molecular complexity index is 120. The van der Waals surface area contributed by atoms with Crippen molar-refractivity contribution in [3.8, 4) is 0 Å². The molecule has 4 nitrogen and oxygen atoms in total. The smallest absolute Gasteiger partial charge is 0.0864 e. The molecular weight excluding hydrogens is 134 g/mol. The lowest BCUT2D eigenvalue weighted by molar-refractivity contribution is 0.00582. The van der Waals surface area contributed by atoms with Gasteiger partial charge in [0.2, 0.25) is 0 Å². The maximum atomic E-state index is 9.14. The molecule has 0 unspecified atom stereocenters. The largest absolute Gasteiger partial charge is 0.396 e. The summed E-state index contributed by atoms with van der Waals surface area (Å²) in [5.41, 5.74) is 5.49. The predicted octanol–water partition coefficient (Wildman–Crippen LogP) is -1.95. The summed E-state index contributed by atoms with van der Waals surface area (Å²) in [7, 11) is 0. The maximum absolute atomic E-state index is 9.14. The van der Waals surface area contributed by atoms with Crippen molar-refractivity contribution < 1.29 is 15.3 Å². The van der Waals surface area contributed by atoms with Crippen LogP contribution in [0, 0.1) is 5.92 Å². The monoisotopic (exact) mass is 147 g/mol. The highest BCUT2D eigenvalue weighted by molar-refractivity contribution is 4.92. The molecule has 0 aromatic carbocycles. The van der Waals surface area contributed by atoms with Gasteiger partial charge in [-0.3, -0.25) is 0 Å². The summed E-state index contributed by atoms with van der Waals surface area (Å²) in [6.07, 6.45) is -1.22. The zero-order valence-corrected chi connectivity index (χ0v) is 5.64. The van der Waals surface area contributed by atoms with E-state index in [1.165, 1.54) is 0 Å². The van der Waals surface area contributed by atoms with Gasteiger partial charge < -0.3 is 21.1 Å². The molecule has 10 heavy (non-hydrogen) atoms. The Kier molecular flexibility index (Phi) is 2.25. The molecule has 1 fully saturated rings. The number of rotatable bonds is 1. The highest BCUT2D eigenvalue weighted by Crippen LogP contribution is 2.24. The van der Waals surface area contributed by atoms with E-state index < -0.39 is 12.2 Å². The van der Waals surface area contributed by atoms with Gasteiger partial charge in [-0.25, -0.2) is 0 Å². The van der Waals surface area contributed by atoms with Crippen molar-refractivity contribution in [2.24, 2.45) is 11.7 Å². The Hall–Kier alpha value is -0.160. The third-order valence-corrected chi connectivity index (χ3v) is 2.11. The molecule has 1 aliphatic rings. The normalized spacial score (nSPS) is 48.0. The third kappa shape index (κ3) is 1.15. The molecule has 0 aromatic rings. The standard InChI is InChI=1S/C6H13NO3/c7-4-1-5(9)6(10)3(4)2-8/h3-6,8-10H,1-2,7H2/t3-,4-,5+,6+/m1/s1. The van der Waals surface area contributed by atoms with Crippen LogP contribution in [0.5, 0.6) is 0 Å². The van der Waals surface area contributed by atoms with Gasteiger partial charge in [0, 0.05) is 18.6 Å². The number of hydrogen-bond acceptors (Lipinski definition) is 4. The van der Waals surface area contributed by atoms with Gasteiger partial charge in [0.15, 0.2) is 0 Å². The number of aliphatic hydroxyl groups is 3. The fraction of sp³-hybridized carbons (Fsp3) is 1.00. The van der Waals surface area contributed by atoms with E-state index in [0.717, 1.165) is 0 Å². The van der Waals surface area contributed by atoms with Crippen molar-refractivity contribution in [2.45, 2.75) is 24.7 Å². The van der Waals surface area contributed by atoms with E-state index in [2.05, 4.69) is 0 Å². The molecule has 1 aliphatic carbocycles. The van der Waals surface area contributed by atoms with Crippen molar-refractivity contribution in [1.29, 1.82) is 0 Å². The maximum Gasteiger partial charge on any atom is 0.0864 e. The Morgan fingerprint density at radius 1 is 1.40 bits per heavy atom. The van der Waals surface area contributed by atoms with Crippen LogP contribution in [0.1, 0.15) is 6.42 Å². The first-order valence-corrected chi connectivity index (χ1v) is 3.39. The Labute approximate surface area is 59.3 Å². The first-order valence-electron chi connectivity index (χ1n) is 3.39. The van der Waals surface area contributed by atoms with Crippen molar-refractivity contribution >= 4 is 0 Å². The van der Waals surface area contributed by atoms with Gasteiger partial charge in [-0.1, -0.05) is 0 Å². The number of nitrogens with two attached hydrogens (primary N) is 1. The lowest BCUT2D eigenvalue weighted by Crippen LogP contribution is -2.33. The van der Waals surface area contributed by atoms with Crippen molar-refractivity contribution in [1.82, 2.24) is 0 Å². The molecule has 60 valence electrons. The molecule has 0 spiro atoms. The summed E-state index contributed by atoms with van der Waals surface area (Å²) < 4.78 is 0. The average Bonchev–Trinajstić information content (AvgIpc) is 2.09. The molecule has 1 rings (SSSR count). The van der Waals surface area contributed by atoms with E-state index in [-0.39, 0.29) is 18.6 Å². The van der Waals surface area contributed by atoms with Crippen molar-refractivity contribution in [2.75, 3.05) is 6.61 Å². The van der Waals surface area contributed by atoms with Gasteiger partial charge in [0.1, 0.15) is 0 Å².